The van der Waals surface area contributed by atoms with Gasteiger partial charge in [-0.25, -0.2) is 0 Å². The molecule has 0 aliphatic carbocycles. The molecule has 0 aliphatic heterocycles. The number of amides is 1. The first kappa shape index (κ1) is 18.8. The van der Waals surface area contributed by atoms with E-state index in [2.05, 4.69) is 5.32 Å². The number of carbonyl (C=O) groups excluding carboxylic acids is 1. The Labute approximate surface area is 143 Å². The fourth-order valence-corrected chi connectivity index (χ4v) is 2.09. The maximum atomic E-state index is 12.1. The van der Waals surface area contributed by atoms with E-state index in [9.17, 15) is 4.79 Å². The smallest absolute Gasteiger partial charge is 0.241 e. The summed E-state index contributed by atoms with van der Waals surface area (Å²) in [5.41, 5.74) is 2.03. The molecule has 0 saturated heterocycles. The molecule has 2 aromatic carbocycles. The molecule has 0 unspecified atom stereocenters. The molecule has 124 valence electrons. The third kappa shape index (κ3) is 6.20. The normalized spacial score (nSPS) is 9.65. The van der Waals surface area contributed by atoms with Crippen LogP contribution in [0, 0.1) is 0 Å². The second kappa shape index (κ2) is 9.74. The first-order chi connectivity index (χ1) is 10.7. The summed E-state index contributed by atoms with van der Waals surface area (Å²) < 4.78 is 5.41. The van der Waals surface area contributed by atoms with Gasteiger partial charge in [-0.2, -0.15) is 0 Å². The SMILES string of the molecule is CCOc1ccc(CN(C)C(=O)CNc2ccccc2)cc1.Cl. The third-order valence-electron chi connectivity index (χ3n) is 3.30. The van der Waals surface area contributed by atoms with Crippen molar-refractivity contribution in [2.45, 2.75) is 13.5 Å². The lowest BCUT2D eigenvalue weighted by atomic mass is 10.2. The van der Waals surface area contributed by atoms with E-state index < -0.39 is 0 Å². The number of carbonyl (C=O) groups is 1. The number of hydrogen-bond acceptors (Lipinski definition) is 3. The molecule has 2 aromatic rings. The minimum absolute atomic E-state index is 0. The Morgan fingerprint density at radius 2 is 1.74 bits per heavy atom. The lowest BCUT2D eigenvalue weighted by Crippen LogP contribution is -2.31. The minimum atomic E-state index is 0. The Kier molecular flexibility index (Phi) is 7.98. The fraction of sp³-hybridized carbons (Fsp3) is 0.278. The van der Waals surface area contributed by atoms with Gasteiger partial charge in [0.1, 0.15) is 5.75 Å². The van der Waals surface area contributed by atoms with Gasteiger partial charge in [0.2, 0.25) is 5.91 Å². The number of nitrogens with zero attached hydrogens (tertiary/aromatic N) is 1. The van der Waals surface area contributed by atoms with Gasteiger partial charge in [-0.15, -0.1) is 12.4 Å². The Morgan fingerprint density at radius 3 is 2.35 bits per heavy atom. The maximum absolute atomic E-state index is 12.1. The summed E-state index contributed by atoms with van der Waals surface area (Å²) in [6.07, 6.45) is 0. The second-order valence-corrected chi connectivity index (χ2v) is 5.05. The van der Waals surface area contributed by atoms with Gasteiger partial charge >= 0.3 is 0 Å². The Hall–Kier alpha value is -2.20. The van der Waals surface area contributed by atoms with Gasteiger partial charge in [-0.05, 0) is 36.8 Å². The molecule has 0 bridgehead atoms. The summed E-state index contributed by atoms with van der Waals surface area (Å²) in [6.45, 7) is 3.49. The first-order valence-corrected chi connectivity index (χ1v) is 7.43. The van der Waals surface area contributed by atoms with Crippen LogP contribution in [-0.4, -0.2) is 31.0 Å². The summed E-state index contributed by atoms with van der Waals surface area (Å²) in [7, 11) is 1.81. The van der Waals surface area contributed by atoms with Crippen LogP contribution >= 0.6 is 12.4 Å². The van der Waals surface area contributed by atoms with E-state index in [0.717, 1.165) is 17.0 Å². The number of likely N-dealkylation sites (N-methyl/N-ethyl adjacent to an activating group) is 1. The lowest BCUT2D eigenvalue weighted by Gasteiger charge is -2.18. The van der Waals surface area contributed by atoms with Crippen LogP contribution in [0.25, 0.3) is 0 Å². The van der Waals surface area contributed by atoms with Crippen LogP contribution in [0.1, 0.15) is 12.5 Å². The van der Waals surface area contributed by atoms with Crippen LogP contribution in [-0.2, 0) is 11.3 Å². The van der Waals surface area contributed by atoms with Gasteiger partial charge in [0.05, 0.1) is 13.2 Å². The molecule has 0 aliphatic rings. The van der Waals surface area contributed by atoms with Crippen LogP contribution in [0.4, 0.5) is 5.69 Å². The molecular formula is C18H23ClN2O2. The second-order valence-electron chi connectivity index (χ2n) is 5.05. The van der Waals surface area contributed by atoms with E-state index in [1.165, 1.54) is 0 Å². The van der Waals surface area contributed by atoms with E-state index in [1.54, 1.807) is 4.90 Å². The van der Waals surface area contributed by atoms with Crippen molar-refractivity contribution in [3.8, 4) is 5.75 Å². The maximum Gasteiger partial charge on any atom is 0.241 e. The van der Waals surface area contributed by atoms with E-state index in [-0.39, 0.29) is 24.9 Å². The number of para-hydroxylation sites is 1. The van der Waals surface area contributed by atoms with Gasteiger partial charge in [0.25, 0.3) is 0 Å². The summed E-state index contributed by atoms with van der Waals surface area (Å²) in [5.74, 6) is 0.906. The predicted molar refractivity (Wildman–Crippen MR) is 96.3 cm³/mol. The molecule has 0 heterocycles. The summed E-state index contributed by atoms with van der Waals surface area (Å²) in [5, 5.41) is 3.13. The van der Waals surface area contributed by atoms with Gasteiger partial charge in [0, 0.05) is 19.3 Å². The molecule has 0 saturated carbocycles. The van der Waals surface area contributed by atoms with Crippen molar-refractivity contribution >= 4 is 24.0 Å². The molecule has 4 nitrogen and oxygen atoms in total. The lowest BCUT2D eigenvalue weighted by molar-refractivity contribution is -0.128. The minimum Gasteiger partial charge on any atom is -0.494 e. The number of ether oxygens (including phenoxy) is 1. The Morgan fingerprint density at radius 1 is 1.09 bits per heavy atom. The molecule has 2 rings (SSSR count). The van der Waals surface area contributed by atoms with Crippen LogP contribution in [0.5, 0.6) is 5.75 Å². The predicted octanol–water partition coefficient (Wildman–Crippen LogP) is 3.58. The number of nitrogens with one attached hydrogen (secondary N) is 1. The number of anilines is 1. The van der Waals surface area contributed by atoms with Crippen LogP contribution in [0.3, 0.4) is 0 Å². The zero-order chi connectivity index (χ0) is 15.8. The van der Waals surface area contributed by atoms with E-state index >= 15 is 0 Å². The topological polar surface area (TPSA) is 41.6 Å². The standard InChI is InChI=1S/C18H22N2O2.ClH/c1-3-22-17-11-9-15(10-12-17)14-20(2)18(21)13-19-16-7-5-4-6-8-16;/h4-12,19H,3,13-14H2,1-2H3;1H. The van der Waals surface area contributed by atoms with Gasteiger partial charge < -0.3 is 15.0 Å². The van der Waals surface area contributed by atoms with E-state index in [0.29, 0.717) is 13.2 Å². The highest BCUT2D eigenvalue weighted by atomic mass is 35.5. The third-order valence-corrected chi connectivity index (χ3v) is 3.30. The molecule has 0 fully saturated rings. The van der Waals surface area contributed by atoms with Crippen molar-refractivity contribution < 1.29 is 9.53 Å². The zero-order valence-corrected chi connectivity index (χ0v) is 14.3. The van der Waals surface area contributed by atoms with Crippen molar-refractivity contribution in [1.82, 2.24) is 4.90 Å². The van der Waals surface area contributed by atoms with Crippen LogP contribution in [0.2, 0.25) is 0 Å². The Bertz CT molecular complexity index is 588. The van der Waals surface area contributed by atoms with Gasteiger partial charge in [-0.3, -0.25) is 4.79 Å². The highest BCUT2D eigenvalue weighted by molar-refractivity contribution is 5.85. The number of benzene rings is 2. The van der Waals surface area contributed by atoms with Crippen molar-refractivity contribution in [3.63, 3.8) is 0 Å². The monoisotopic (exact) mass is 334 g/mol. The Balaban J connectivity index is 0.00000264. The number of hydrogen-bond donors (Lipinski definition) is 1. The largest absolute Gasteiger partial charge is 0.494 e. The van der Waals surface area contributed by atoms with Crippen LogP contribution in [0.15, 0.2) is 54.6 Å². The van der Waals surface area contributed by atoms with Gasteiger partial charge in [-0.1, -0.05) is 30.3 Å². The number of rotatable bonds is 7. The zero-order valence-electron chi connectivity index (χ0n) is 13.5. The molecule has 0 radical (unpaired) electrons. The molecule has 1 N–H and O–H groups in total. The summed E-state index contributed by atoms with van der Waals surface area (Å²) in [4.78, 5) is 13.8. The average Bonchev–Trinajstić information content (AvgIpc) is 2.55. The van der Waals surface area contributed by atoms with Gasteiger partial charge in [0.15, 0.2) is 0 Å². The summed E-state index contributed by atoms with van der Waals surface area (Å²) >= 11 is 0. The van der Waals surface area contributed by atoms with Crippen molar-refractivity contribution in [3.05, 3.63) is 60.2 Å². The molecule has 0 aromatic heterocycles. The molecule has 0 spiro atoms. The molecular weight excluding hydrogens is 312 g/mol. The highest BCUT2D eigenvalue weighted by Gasteiger charge is 2.09. The molecule has 5 heteroatoms. The van der Waals surface area contributed by atoms with Crippen LogP contribution < -0.4 is 10.1 Å². The number of halogens is 1. The molecule has 23 heavy (non-hydrogen) atoms. The van der Waals surface area contributed by atoms with Crippen molar-refractivity contribution in [2.75, 3.05) is 25.5 Å². The van der Waals surface area contributed by atoms with Crippen molar-refractivity contribution in [2.24, 2.45) is 0 Å². The quantitative estimate of drug-likeness (QED) is 0.841. The molecule has 1 amide bonds. The van der Waals surface area contributed by atoms with E-state index in [4.69, 9.17) is 4.74 Å². The first-order valence-electron chi connectivity index (χ1n) is 7.43. The summed E-state index contributed by atoms with van der Waals surface area (Å²) in [6, 6.07) is 17.6. The fourth-order valence-electron chi connectivity index (χ4n) is 2.09. The van der Waals surface area contributed by atoms with Crippen molar-refractivity contribution in [1.29, 1.82) is 0 Å². The van der Waals surface area contributed by atoms with E-state index in [1.807, 2.05) is 68.6 Å². The molecule has 0 atom stereocenters. The average molecular weight is 335 g/mol. The highest BCUT2D eigenvalue weighted by Crippen LogP contribution is 2.13.